The van der Waals surface area contributed by atoms with Crippen LogP contribution in [0.5, 0.6) is 0 Å². The molecule has 3 heterocycles. The summed E-state index contributed by atoms with van der Waals surface area (Å²) in [5.74, 6) is 1.52. The molecule has 2 aromatic heterocycles. The number of aromatic nitrogens is 3. The van der Waals surface area contributed by atoms with Crippen LogP contribution in [0.2, 0.25) is 0 Å². The zero-order valence-corrected chi connectivity index (χ0v) is 15.6. The summed E-state index contributed by atoms with van der Waals surface area (Å²) >= 11 is 0. The average Bonchev–Trinajstić information content (AvgIpc) is 3.09. The molecule has 0 aliphatic carbocycles. The molecule has 1 atom stereocenters. The van der Waals surface area contributed by atoms with E-state index in [-0.39, 0.29) is 5.91 Å². The Kier molecular flexibility index (Phi) is 5.16. The van der Waals surface area contributed by atoms with Crippen LogP contribution in [-0.2, 0) is 17.8 Å². The zero-order chi connectivity index (χ0) is 18.6. The van der Waals surface area contributed by atoms with Crippen molar-refractivity contribution in [3.8, 4) is 0 Å². The number of amides is 1. The second-order valence-electron chi connectivity index (χ2n) is 7.34. The van der Waals surface area contributed by atoms with E-state index in [4.69, 9.17) is 0 Å². The fraction of sp³-hybridized carbons (Fsp3) is 0.381. The molecular formula is C21H25N5O. The number of rotatable bonds is 4. The number of carbonyl (C=O) groups is 1. The van der Waals surface area contributed by atoms with Crippen molar-refractivity contribution in [3.05, 3.63) is 60.3 Å². The van der Waals surface area contributed by atoms with E-state index in [0.717, 1.165) is 50.5 Å². The van der Waals surface area contributed by atoms with Gasteiger partial charge >= 0.3 is 0 Å². The molecule has 1 saturated heterocycles. The van der Waals surface area contributed by atoms with Crippen molar-refractivity contribution in [1.82, 2.24) is 24.8 Å². The van der Waals surface area contributed by atoms with E-state index in [2.05, 4.69) is 44.1 Å². The van der Waals surface area contributed by atoms with Crippen molar-refractivity contribution < 1.29 is 4.79 Å². The molecular weight excluding hydrogens is 338 g/mol. The Morgan fingerprint density at radius 3 is 2.93 bits per heavy atom. The number of hydrogen-bond donors (Lipinski definition) is 1. The molecule has 0 unspecified atom stereocenters. The highest BCUT2D eigenvalue weighted by atomic mass is 16.2. The maximum atomic E-state index is 12.0. The van der Waals surface area contributed by atoms with E-state index in [0.29, 0.717) is 5.92 Å². The topological polar surface area (TPSA) is 65.1 Å². The van der Waals surface area contributed by atoms with Gasteiger partial charge in [-0.1, -0.05) is 12.1 Å². The minimum atomic E-state index is 0.155. The second kappa shape index (κ2) is 7.88. The lowest BCUT2D eigenvalue weighted by Gasteiger charge is -2.24. The monoisotopic (exact) mass is 363 g/mol. The molecule has 1 aromatic carbocycles. The maximum Gasteiger partial charge on any atom is 0.219 e. The Labute approximate surface area is 159 Å². The summed E-state index contributed by atoms with van der Waals surface area (Å²) < 4.78 is 0. The predicted molar refractivity (Wildman–Crippen MR) is 105 cm³/mol. The minimum Gasteiger partial charge on any atom is -0.348 e. The summed E-state index contributed by atoms with van der Waals surface area (Å²) in [7, 11) is 0. The van der Waals surface area contributed by atoms with Gasteiger partial charge in [-0.05, 0) is 36.1 Å². The van der Waals surface area contributed by atoms with Crippen LogP contribution in [0.4, 0.5) is 0 Å². The summed E-state index contributed by atoms with van der Waals surface area (Å²) in [5, 5.41) is 1.17. The van der Waals surface area contributed by atoms with Crippen molar-refractivity contribution in [2.45, 2.75) is 19.9 Å². The SMILES string of the molecule is CC(=O)N1CCN(Cc2ncc[nH]2)C[C@H](Cc2ccc3ncccc3c2)C1. The van der Waals surface area contributed by atoms with E-state index in [1.165, 1.54) is 10.9 Å². The van der Waals surface area contributed by atoms with Crippen molar-refractivity contribution in [2.24, 2.45) is 5.92 Å². The summed E-state index contributed by atoms with van der Waals surface area (Å²) in [6.07, 6.45) is 6.42. The summed E-state index contributed by atoms with van der Waals surface area (Å²) in [4.78, 5) is 28.3. The molecule has 140 valence electrons. The molecule has 27 heavy (non-hydrogen) atoms. The van der Waals surface area contributed by atoms with Crippen molar-refractivity contribution in [1.29, 1.82) is 0 Å². The zero-order valence-electron chi connectivity index (χ0n) is 15.6. The van der Waals surface area contributed by atoms with Crippen molar-refractivity contribution >= 4 is 16.8 Å². The van der Waals surface area contributed by atoms with Gasteiger partial charge in [-0.15, -0.1) is 0 Å². The van der Waals surface area contributed by atoms with Gasteiger partial charge in [0.1, 0.15) is 5.82 Å². The van der Waals surface area contributed by atoms with Gasteiger partial charge in [-0.2, -0.15) is 0 Å². The van der Waals surface area contributed by atoms with Crippen LogP contribution in [0, 0.1) is 5.92 Å². The van der Waals surface area contributed by atoms with Gasteiger partial charge in [0.05, 0.1) is 12.1 Å². The number of H-pyrrole nitrogens is 1. The Morgan fingerprint density at radius 1 is 1.19 bits per heavy atom. The number of nitrogens with zero attached hydrogens (tertiary/aromatic N) is 4. The van der Waals surface area contributed by atoms with Crippen molar-refractivity contribution in [2.75, 3.05) is 26.2 Å². The Morgan fingerprint density at radius 2 is 2.11 bits per heavy atom. The second-order valence-corrected chi connectivity index (χ2v) is 7.34. The van der Waals surface area contributed by atoms with E-state index in [1.807, 2.05) is 23.4 Å². The standard InChI is InChI=1S/C21H25N5O/c1-16(27)26-10-9-25(15-21-23-7-8-24-21)13-18(14-26)11-17-4-5-20-19(12-17)3-2-6-22-20/h2-8,12,18H,9-11,13-15H2,1H3,(H,23,24)/t18-/m0/s1. The van der Waals surface area contributed by atoms with Crippen LogP contribution in [-0.4, -0.2) is 56.8 Å². The molecule has 0 spiro atoms. The predicted octanol–water partition coefficient (Wildman–Crippen LogP) is 2.48. The summed E-state index contributed by atoms with van der Waals surface area (Å²) in [6.45, 7) is 5.86. The van der Waals surface area contributed by atoms with Crippen LogP contribution in [0.1, 0.15) is 18.3 Å². The smallest absolute Gasteiger partial charge is 0.219 e. The molecule has 3 aromatic rings. The lowest BCUT2D eigenvalue weighted by molar-refractivity contribution is -0.129. The van der Waals surface area contributed by atoms with Gasteiger partial charge in [-0.25, -0.2) is 4.98 Å². The first-order valence-corrected chi connectivity index (χ1v) is 9.47. The highest BCUT2D eigenvalue weighted by Crippen LogP contribution is 2.20. The Bertz CT molecular complexity index is 908. The van der Waals surface area contributed by atoms with Gasteiger partial charge in [0.2, 0.25) is 5.91 Å². The van der Waals surface area contributed by atoms with Gasteiger partial charge in [0, 0.05) is 57.1 Å². The number of carbonyl (C=O) groups excluding carboxylic acids is 1. The molecule has 6 nitrogen and oxygen atoms in total. The van der Waals surface area contributed by atoms with Crippen molar-refractivity contribution in [3.63, 3.8) is 0 Å². The molecule has 1 fully saturated rings. The van der Waals surface area contributed by atoms with E-state index in [9.17, 15) is 4.79 Å². The molecule has 4 rings (SSSR count). The van der Waals surface area contributed by atoms with Crippen LogP contribution < -0.4 is 0 Å². The number of hydrogen-bond acceptors (Lipinski definition) is 4. The van der Waals surface area contributed by atoms with Gasteiger partial charge in [0.15, 0.2) is 0 Å². The molecule has 0 saturated carbocycles. The van der Waals surface area contributed by atoms with Crippen LogP contribution in [0.25, 0.3) is 10.9 Å². The highest BCUT2D eigenvalue weighted by Gasteiger charge is 2.25. The lowest BCUT2D eigenvalue weighted by atomic mass is 9.97. The maximum absolute atomic E-state index is 12.0. The first-order valence-electron chi connectivity index (χ1n) is 9.47. The molecule has 1 amide bonds. The quantitative estimate of drug-likeness (QED) is 0.773. The number of aromatic amines is 1. The fourth-order valence-corrected chi connectivity index (χ4v) is 3.92. The van der Waals surface area contributed by atoms with Gasteiger partial charge in [-0.3, -0.25) is 14.7 Å². The first kappa shape index (κ1) is 17.7. The average molecular weight is 363 g/mol. The number of fused-ring (bicyclic) bond motifs is 1. The van der Waals surface area contributed by atoms with E-state index < -0.39 is 0 Å². The molecule has 6 heteroatoms. The number of nitrogens with one attached hydrogen (secondary N) is 1. The summed E-state index contributed by atoms with van der Waals surface area (Å²) in [5.41, 5.74) is 2.32. The van der Waals surface area contributed by atoms with Crippen LogP contribution in [0.3, 0.4) is 0 Å². The molecule has 0 radical (unpaired) electrons. The molecule has 1 aliphatic rings. The van der Waals surface area contributed by atoms with E-state index in [1.54, 1.807) is 13.1 Å². The van der Waals surface area contributed by atoms with Gasteiger partial charge in [0.25, 0.3) is 0 Å². The third-order valence-corrected chi connectivity index (χ3v) is 5.25. The number of pyridine rings is 1. The molecule has 1 N–H and O–H groups in total. The summed E-state index contributed by atoms with van der Waals surface area (Å²) in [6, 6.07) is 10.5. The third kappa shape index (κ3) is 4.34. The first-order chi connectivity index (χ1) is 13.2. The fourth-order valence-electron chi connectivity index (χ4n) is 3.92. The largest absolute Gasteiger partial charge is 0.348 e. The normalized spacial score (nSPS) is 18.6. The third-order valence-electron chi connectivity index (χ3n) is 5.25. The lowest BCUT2D eigenvalue weighted by Crippen LogP contribution is -2.34. The Balaban J connectivity index is 1.52. The van der Waals surface area contributed by atoms with E-state index >= 15 is 0 Å². The molecule has 1 aliphatic heterocycles. The molecule has 0 bridgehead atoms. The minimum absolute atomic E-state index is 0.155. The van der Waals surface area contributed by atoms with Crippen LogP contribution >= 0.6 is 0 Å². The van der Waals surface area contributed by atoms with Gasteiger partial charge < -0.3 is 9.88 Å². The Hall–Kier alpha value is -2.73. The van der Waals surface area contributed by atoms with Crippen LogP contribution in [0.15, 0.2) is 48.9 Å². The number of benzene rings is 1. The number of imidazole rings is 1. The highest BCUT2D eigenvalue weighted by molar-refractivity contribution is 5.78.